The van der Waals surface area contributed by atoms with Gasteiger partial charge in [-0.05, 0) is 13.5 Å². The van der Waals surface area contributed by atoms with E-state index in [9.17, 15) is 4.79 Å². The summed E-state index contributed by atoms with van der Waals surface area (Å²) >= 11 is 1.67. The van der Waals surface area contributed by atoms with Crippen LogP contribution in [0.15, 0.2) is 6.20 Å². The van der Waals surface area contributed by atoms with E-state index in [2.05, 4.69) is 9.88 Å². The number of hydrogen-bond acceptors (Lipinski definition) is 4. The molecule has 0 fully saturated rings. The zero-order valence-electron chi connectivity index (χ0n) is 9.93. The maximum Gasteiger partial charge on any atom is 0.307 e. The molecule has 0 aromatic carbocycles. The Hall–Kier alpha value is -0.940. The molecule has 1 heterocycles. The summed E-state index contributed by atoms with van der Waals surface area (Å²) in [6.45, 7) is 7.99. The molecule has 0 aliphatic carbocycles. The molecule has 0 aliphatic rings. The minimum atomic E-state index is -0.737. The predicted octanol–water partition coefficient (Wildman–Crippen LogP) is 1.99. The molecule has 4 nitrogen and oxygen atoms in total. The summed E-state index contributed by atoms with van der Waals surface area (Å²) in [5, 5.41) is 9.91. The molecule has 0 spiro atoms. The lowest BCUT2D eigenvalue weighted by atomic mass is 10.1. The molecule has 0 amide bonds. The van der Waals surface area contributed by atoms with Gasteiger partial charge >= 0.3 is 5.97 Å². The highest BCUT2D eigenvalue weighted by molar-refractivity contribution is 7.11. The number of hydrogen-bond donors (Lipinski definition) is 1. The van der Waals surface area contributed by atoms with Crippen molar-refractivity contribution in [2.45, 2.75) is 27.3 Å². The van der Waals surface area contributed by atoms with E-state index in [0.29, 0.717) is 6.54 Å². The van der Waals surface area contributed by atoms with Crippen LogP contribution >= 0.6 is 11.3 Å². The van der Waals surface area contributed by atoms with Crippen molar-refractivity contribution in [1.29, 1.82) is 0 Å². The Balaban J connectivity index is 2.52. The minimum Gasteiger partial charge on any atom is -0.481 e. The number of aromatic nitrogens is 1. The van der Waals surface area contributed by atoms with Crippen LogP contribution in [0.25, 0.3) is 0 Å². The van der Waals surface area contributed by atoms with Gasteiger partial charge in [-0.3, -0.25) is 9.69 Å². The van der Waals surface area contributed by atoms with E-state index in [0.717, 1.165) is 18.1 Å². The average molecular weight is 242 g/mol. The van der Waals surface area contributed by atoms with Crippen LogP contribution in [0.3, 0.4) is 0 Å². The second kappa shape index (κ2) is 5.96. The molecular weight excluding hydrogens is 224 g/mol. The number of carboxylic acid groups (broad SMARTS) is 1. The first-order chi connectivity index (χ1) is 7.52. The summed E-state index contributed by atoms with van der Waals surface area (Å²) in [6, 6.07) is 0. The molecule has 1 atom stereocenters. The summed E-state index contributed by atoms with van der Waals surface area (Å²) in [4.78, 5) is 18.3. The van der Waals surface area contributed by atoms with E-state index in [1.165, 1.54) is 4.88 Å². The van der Waals surface area contributed by atoms with Gasteiger partial charge in [-0.15, -0.1) is 11.3 Å². The second-order valence-electron chi connectivity index (χ2n) is 3.91. The summed E-state index contributed by atoms with van der Waals surface area (Å²) < 4.78 is 0. The fourth-order valence-electron chi connectivity index (χ4n) is 1.47. The molecule has 0 saturated heterocycles. The monoisotopic (exact) mass is 242 g/mol. The van der Waals surface area contributed by atoms with Crippen molar-refractivity contribution < 1.29 is 9.90 Å². The first-order valence-corrected chi connectivity index (χ1v) is 6.21. The molecule has 16 heavy (non-hydrogen) atoms. The van der Waals surface area contributed by atoms with E-state index < -0.39 is 5.97 Å². The van der Waals surface area contributed by atoms with Crippen LogP contribution in [-0.2, 0) is 11.3 Å². The molecule has 1 unspecified atom stereocenters. The molecule has 1 aromatic rings. The van der Waals surface area contributed by atoms with Crippen LogP contribution in [-0.4, -0.2) is 34.0 Å². The lowest BCUT2D eigenvalue weighted by Gasteiger charge is -2.21. The van der Waals surface area contributed by atoms with Gasteiger partial charge in [0.25, 0.3) is 0 Å². The molecular formula is C11H18N2O2S. The zero-order chi connectivity index (χ0) is 12.1. The van der Waals surface area contributed by atoms with Crippen molar-refractivity contribution in [3.8, 4) is 0 Å². The van der Waals surface area contributed by atoms with Crippen LogP contribution in [0.5, 0.6) is 0 Å². The average Bonchev–Trinajstić information content (AvgIpc) is 2.62. The van der Waals surface area contributed by atoms with Gasteiger partial charge in [-0.2, -0.15) is 0 Å². The fraction of sp³-hybridized carbons (Fsp3) is 0.636. The third-order valence-electron chi connectivity index (χ3n) is 2.45. The highest BCUT2D eigenvalue weighted by Crippen LogP contribution is 2.14. The Bertz CT molecular complexity index is 352. The molecule has 1 N–H and O–H groups in total. The number of carbonyl (C=O) groups is 1. The Morgan fingerprint density at radius 3 is 2.81 bits per heavy atom. The van der Waals surface area contributed by atoms with Crippen LogP contribution in [0.2, 0.25) is 0 Å². The number of thiazole rings is 1. The summed E-state index contributed by atoms with van der Waals surface area (Å²) in [7, 11) is 0. The van der Waals surface area contributed by atoms with Crippen molar-refractivity contribution in [3.05, 3.63) is 16.1 Å². The van der Waals surface area contributed by atoms with E-state index >= 15 is 0 Å². The highest BCUT2D eigenvalue weighted by atomic mass is 32.1. The number of rotatable bonds is 6. The molecule has 1 aromatic heterocycles. The van der Waals surface area contributed by atoms with Gasteiger partial charge in [0.2, 0.25) is 0 Å². The Morgan fingerprint density at radius 1 is 1.69 bits per heavy atom. The van der Waals surface area contributed by atoms with Crippen LogP contribution < -0.4 is 0 Å². The third-order valence-corrected chi connectivity index (χ3v) is 3.35. The lowest BCUT2D eigenvalue weighted by Crippen LogP contribution is -2.31. The second-order valence-corrected chi connectivity index (χ2v) is 5.23. The van der Waals surface area contributed by atoms with E-state index in [4.69, 9.17) is 5.11 Å². The van der Waals surface area contributed by atoms with Crippen molar-refractivity contribution >= 4 is 17.3 Å². The molecule has 5 heteroatoms. The first-order valence-electron chi connectivity index (χ1n) is 5.39. The molecule has 0 bridgehead atoms. The number of carboxylic acids is 1. The quantitative estimate of drug-likeness (QED) is 0.829. The number of aryl methyl sites for hydroxylation is 1. The summed E-state index contributed by atoms with van der Waals surface area (Å²) in [6.07, 6.45) is 1.87. The zero-order valence-corrected chi connectivity index (χ0v) is 10.8. The fourth-order valence-corrected chi connectivity index (χ4v) is 2.31. The third kappa shape index (κ3) is 3.90. The Kier molecular flexibility index (Phi) is 4.89. The van der Waals surface area contributed by atoms with Gasteiger partial charge in [-0.1, -0.05) is 13.8 Å². The van der Waals surface area contributed by atoms with Crippen LogP contribution in [0.4, 0.5) is 0 Å². The topological polar surface area (TPSA) is 53.4 Å². The van der Waals surface area contributed by atoms with Crippen LogP contribution in [0.1, 0.15) is 23.7 Å². The van der Waals surface area contributed by atoms with E-state index in [1.54, 1.807) is 18.3 Å². The van der Waals surface area contributed by atoms with E-state index in [-0.39, 0.29) is 5.92 Å². The Morgan fingerprint density at radius 2 is 2.38 bits per heavy atom. The van der Waals surface area contributed by atoms with Crippen molar-refractivity contribution in [3.63, 3.8) is 0 Å². The molecule has 0 radical (unpaired) electrons. The molecule has 0 saturated carbocycles. The van der Waals surface area contributed by atoms with Gasteiger partial charge in [-0.25, -0.2) is 4.98 Å². The van der Waals surface area contributed by atoms with Gasteiger partial charge in [0.15, 0.2) is 0 Å². The predicted molar refractivity (Wildman–Crippen MR) is 64.6 cm³/mol. The Labute approximate surface area is 99.9 Å². The maximum absolute atomic E-state index is 10.8. The van der Waals surface area contributed by atoms with Gasteiger partial charge in [0.1, 0.15) is 0 Å². The van der Waals surface area contributed by atoms with Gasteiger partial charge < -0.3 is 5.11 Å². The highest BCUT2D eigenvalue weighted by Gasteiger charge is 2.15. The lowest BCUT2D eigenvalue weighted by molar-refractivity contribution is -0.141. The van der Waals surface area contributed by atoms with Gasteiger partial charge in [0.05, 0.1) is 10.9 Å². The summed E-state index contributed by atoms with van der Waals surface area (Å²) in [5.41, 5.74) is 0. The first kappa shape index (κ1) is 13.1. The molecule has 1 rings (SSSR count). The van der Waals surface area contributed by atoms with Crippen molar-refractivity contribution in [2.75, 3.05) is 13.1 Å². The normalized spacial score (nSPS) is 13.0. The summed E-state index contributed by atoms with van der Waals surface area (Å²) in [5.74, 6) is -1.06. The minimum absolute atomic E-state index is 0.325. The van der Waals surface area contributed by atoms with Crippen molar-refractivity contribution in [2.24, 2.45) is 5.92 Å². The van der Waals surface area contributed by atoms with Crippen molar-refractivity contribution in [1.82, 2.24) is 9.88 Å². The smallest absolute Gasteiger partial charge is 0.307 e. The SMILES string of the molecule is CCN(Cc1cnc(C)s1)CC(C)C(=O)O. The maximum atomic E-state index is 10.8. The van der Waals surface area contributed by atoms with Gasteiger partial charge in [0, 0.05) is 24.2 Å². The molecule has 90 valence electrons. The largest absolute Gasteiger partial charge is 0.481 e. The number of aliphatic carboxylic acids is 1. The van der Waals surface area contributed by atoms with E-state index in [1.807, 2.05) is 20.0 Å². The molecule has 0 aliphatic heterocycles. The number of nitrogens with zero attached hydrogens (tertiary/aromatic N) is 2. The van der Waals surface area contributed by atoms with Crippen LogP contribution in [0, 0.1) is 12.8 Å². The standard InChI is InChI=1S/C11H18N2O2S/c1-4-13(6-8(2)11(14)15)7-10-5-12-9(3)16-10/h5,8H,4,6-7H2,1-3H3,(H,14,15).